The summed E-state index contributed by atoms with van der Waals surface area (Å²) in [5.74, 6) is 1.75. The maximum Gasteiger partial charge on any atom is 0.255 e. The molecule has 3 heterocycles. The highest BCUT2D eigenvalue weighted by molar-refractivity contribution is 5.75. The largest absolute Gasteiger partial charge is 0.327 e. The van der Waals surface area contributed by atoms with Crippen molar-refractivity contribution in [3.05, 3.63) is 57.5 Å². The number of aryl methyl sites for hydroxylation is 2. The molecule has 0 fully saturated rings. The number of hydrogen-bond donors (Lipinski definition) is 1. The van der Waals surface area contributed by atoms with Crippen LogP contribution in [0.25, 0.3) is 11.0 Å². The molecule has 4 rings (SSSR count). The quantitative estimate of drug-likeness (QED) is 0.800. The molecule has 124 valence electrons. The number of aromatic amines is 1. The number of imidazole rings is 1. The van der Waals surface area contributed by atoms with E-state index in [0.29, 0.717) is 12.4 Å². The second kappa shape index (κ2) is 5.87. The molecule has 3 aromatic rings. The Kier molecular flexibility index (Phi) is 3.69. The van der Waals surface area contributed by atoms with Gasteiger partial charge in [0, 0.05) is 26.1 Å². The molecule has 0 bridgehead atoms. The zero-order valence-electron chi connectivity index (χ0n) is 14.0. The number of rotatable bonds is 3. The SMILES string of the molecule is CCn1c(CN2CCc3nc(C)[nH]c(=O)c3C2)nc2ccccc21. The summed E-state index contributed by atoms with van der Waals surface area (Å²) in [6.07, 6.45) is 0.812. The molecule has 0 saturated carbocycles. The summed E-state index contributed by atoms with van der Waals surface area (Å²) in [5.41, 5.74) is 3.93. The van der Waals surface area contributed by atoms with Gasteiger partial charge in [-0.05, 0) is 26.0 Å². The van der Waals surface area contributed by atoms with Crippen molar-refractivity contribution in [1.82, 2.24) is 24.4 Å². The van der Waals surface area contributed by atoms with Crippen LogP contribution in [0, 0.1) is 6.92 Å². The second-order valence-electron chi connectivity index (χ2n) is 6.30. The zero-order valence-corrected chi connectivity index (χ0v) is 14.0. The average molecular weight is 323 g/mol. The van der Waals surface area contributed by atoms with Crippen LogP contribution in [-0.4, -0.2) is 31.0 Å². The molecule has 2 aromatic heterocycles. The van der Waals surface area contributed by atoms with E-state index in [9.17, 15) is 4.79 Å². The third-order valence-corrected chi connectivity index (χ3v) is 4.68. The van der Waals surface area contributed by atoms with Crippen molar-refractivity contribution in [2.24, 2.45) is 0 Å². The van der Waals surface area contributed by atoms with Gasteiger partial charge < -0.3 is 9.55 Å². The molecule has 0 amide bonds. The first-order chi connectivity index (χ1) is 11.7. The van der Waals surface area contributed by atoms with Crippen LogP contribution in [0.1, 0.15) is 29.8 Å². The lowest BCUT2D eigenvalue weighted by Crippen LogP contribution is -2.36. The molecule has 0 spiro atoms. The van der Waals surface area contributed by atoms with Gasteiger partial charge in [0.05, 0.1) is 28.8 Å². The zero-order chi connectivity index (χ0) is 16.7. The molecule has 1 aliphatic rings. The molecule has 0 saturated heterocycles. The minimum Gasteiger partial charge on any atom is -0.327 e. The highest BCUT2D eigenvalue weighted by Crippen LogP contribution is 2.20. The van der Waals surface area contributed by atoms with Gasteiger partial charge in [-0.1, -0.05) is 12.1 Å². The molecule has 0 radical (unpaired) electrons. The second-order valence-corrected chi connectivity index (χ2v) is 6.30. The minimum absolute atomic E-state index is 0.00815. The van der Waals surface area contributed by atoms with Crippen LogP contribution in [-0.2, 0) is 26.1 Å². The van der Waals surface area contributed by atoms with Crippen molar-refractivity contribution in [1.29, 1.82) is 0 Å². The monoisotopic (exact) mass is 323 g/mol. The van der Waals surface area contributed by atoms with Crippen LogP contribution >= 0.6 is 0 Å². The van der Waals surface area contributed by atoms with E-state index in [1.807, 2.05) is 25.1 Å². The van der Waals surface area contributed by atoms with Crippen molar-refractivity contribution in [2.45, 2.75) is 39.9 Å². The van der Waals surface area contributed by atoms with E-state index < -0.39 is 0 Å². The Balaban J connectivity index is 1.64. The summed E-state index contributed by atoms with van der Waals surface area (Å²) in [6, 6.07) is 8.22. The number of nitrogens with zero attached hydrogens (tertiary/aromatic N) is 4. The van der Waals surface area contributed by atoms with Crippen LogP contribution in [0.3, 0.4) is 0 Å². The Labute approximate surface area is 140 Å². The molecular weight excluding hydrogens is 302 g/mol. The van der Waals surface area contributed by atoms with Gasteiger partial charge in [0.2, 0.25) is 0 Å². The molecule has 24 heavy (non-hydrogen) atoms. The summed E-state index contributed by atoms with van der Waals surface area (Å²) < 4.78 is 2.25. The van der Waals surface area contributed by atoms with Gasteiger partial charge in [-0.15, -0.1) is 0 Å². The van der Waals surface area contributed by atoms with Crippen molar-refractivity contribution in [3.63, 3.8) is 0 Å². The van der Waals surface area contributed by atoms with Crippen molar-refractivity contribution < 1.29 is 0 Å². The smallest absolute Gasteiger partial charge is 0.255 e. The standard InChI is InChI=1S/C18H21N5O/c1-3-23-16-7-5-4-6-15(16)21-17(23)11-22-9-8-14-13(10-22)18(24)20-12(2)19-14/h4-7H,3,8-11H2,1-2H3,(H,19,20,24). The number of nitrogens with one attached hydrogen (secondary N) is 1. The van der Waals surface area contributed by atoms with Crippen LogP contribution in [0.2, 0.25) is 0 Å². The molecule has 6 heteroatoms. The fourth-order valence-electron chi connectivity index (χ4n) is 3.54. The lowest BCUT2D eigenvalue weighted by Gasteiger charge is -2.27. The minimum atomic E-state index is -0.00815. The maximum absolute atomic E-state index is 12.2. The lowest BCUT2D eigenvalue weighted by molar-refractivity contribution is 0.233. The number of benzene rings is 1. The maximum atomic E-state index is 12.2. The average Bonchev–Trinajstić information content (AvgIpc) is 2.92. The van der Waals surface area contributed by atoms with Crippen molar-refractivity contribution in [2.75, 3.05) is 6.54 Å². The number of H-pyrrole nitrogens is 1. The number of para-hydroxylation sites is 2. The van der Waals surface area contributed by atoms with E-state index in [-0.39, 0.29) is 5.56 Å². The van der Waals surface area contributed by atoms with Crippen molar-refractivity contribution in [3.8, 4) is 0 Å². The van der Waals surface area contributed by atoms with E-state index in [1.165, 1.54) is 5.52 Å². The Morgan fingerprint density at radius 2 is 2.08 bits per heavy atom. The van der Waals surface area contributed by atoms with Crippen LogP contribution in [0.4, 0.5) is 0 Å². The summed E-state index contributed by atoms with van der Waals surface area (Å²) in [7, 11) is 0. The van der Waals surface area contributed by atoms with E-state index in [2.05, 4.69) is 32.4 Å². The van der Waals surface area contributed by atoms with Crippen LogP contribution in [0.5, 0.6) is 0 Å². The molecular formula is C18H21N5O. The Morgan fingerprint density at radius 3 is 2.92 bits per heavy atom. The number of fused-ring (bicyclic) bond motifs is 2. The van der Waals surface area contributed by atoms with Gasteiger partial charge in [0.15, 0.2) is 0 Å². The highest BCUT2D eigenvalue weighted by Gasteiger charge is 2.22. The van der Waals surface area contributed by atoms with E-state index in [0.717, 1.165) is 48.7 Å². The van der Waals surface area contributed by atoms with E-state index >= 15 is 0 Å². The highest BCUT2D eigenvalue weighted by atomic mass is 16.1. The van der Waals surface area contributed by atoms with Gasteiger partial charge in [-0.2, -0.15) is 0 Å². The Bertz CT molecular complexity index is 956. The van der Waals surface area contributed by atoms with Gasteiger partial charge in [0.25, 0.3) is 5.56 Å². The van der Waals surface area contributed by atoms with Crippen LogP contribution < -0.4 is 5.56 Å². The van der Waals surface area contributed by atoms with Crippen LogP contribution in [0.15, 0.2) is 29.1 Å². The van der Waals surface area contributed by atoms with Gasteiger partial charge in [0.1, 0.15) is 11.6 Å². The third-order valence-electron chi connectivity index (χ3n) is 4.68. The normalized spacial score (nSPS) is 14.9. The lowest BCUT2D eigenvalue weighted by atomic mass is 10.1. The summed E-state index contributed by atoms with van der Waals surface area (Å²) in [6.45, 7) is 7.13. The predicted octanol–water partition coefficient (Wildman–Crippen LogP) is 2.01. The molecule has 0 aliphatic carbocycles. The van der Waals surface area contributed by atoms with E-state index in [1.54, 1.807) is 0 Å². The first-order valence-corrected chi connectivity index (χ1v) is 8.41. The Hall–Kier alpha value is -2.47. The summed E-state index contributed by atoms with van der Waals surface area (Å²) in [5, 5.41) is 0. The molecule has 6 nitrogen and oxygen atoms in total. The number of hydrogen-bond acceptors (Lipinski definition) is 4. The number of aromatic nitrogens is 4. The summed E-state index contributed by atoms with van der Waals surface area (Å²) in [4.78, 5) is 26.6. The third kappa shape index (κ3) is 2.53. The fourth-order valence-corrected chi connectivity index (χ4v) is 3.54. The molecule has 1 aromatic carbocycles. The van der Waals surface area contributed by atoms with E-state index in [4.69, 9.17) is 4.98 Å². The van der Waals surface area contributed by atoms with Gasteiger partial charge in [-0.3, -0.25) is 9.69 Å². The molecule has 1 N–H and O–H groups in total. The van der Waals surface area contributed by atoms with Gasteiger partial charge >= 0.3 is 0 Å². The topological polar surface area (TPSA) is 66.8 Å². The predicted molar refractivity (Wildman–Crippen MR) is 92.8 cm³/mol. The fraction of sp³-hybridized carbons (Fsp3) is 0.389. The first kappa shape index (κ1) is 15.1. The summed E-state index contributed by atoms with van der Waals surface area (Å²) >= 11 is 0. The first-order valence-electron chi connectivity index (χ1n) is 8.41. The molecule has 1 aliphatic heterocycles. The van der Waals surface area contributed by atoms with Crippen molar-refractivity contribution >= 4 is 11.0 Å². The van der Waals surface area contributed by atoms with Gasteiger partial charge in [-0.25, -0.2) is 9.97 Å². The molecule has 0 unspecified atom stereocenters. The molecule has 0 atom stereocenters. The Morgan fingerprint density at radius 1 is 1.25 bits per heavy atom.